The van der Waals surface area contributed by atoms with Crippen LogP contribution in [0.5, 0.6) is 5.75 Å². The van der Waals surface area contributed by atoms with Crippen LogP contribution < -0.4 is 4.74 Å². The molecule has 0 radical (unpaired) electrons. The van der Waals surface area contributed by atoms with Gasteiger partial charge in [-0.05, 0) is 59.9 Å². The molecule has 1 aliphatic rings. The molecule has 4 heteroatoms. The summed E-state index contributed by atoms with van der Waals surface area (Å²) in [4.78, 5) is 5.00. The van der Waals surface area contributed by atoms with Gasteiger partial charge < -0.3 is 14.9 Å². The maximum atomic E-state index is 11.4. The van der Waals surface area contributed by atoms with Gasteiger partial charge in [-0.3, -0.25) is 4.98 Å². The molecule has 0 fully saturated rings. The van der Waals surface area contributed by atoms with Crippen molar-refractivity contribution in [2.45, 2.75) is 99.9 Å². The van der Waals surface area contributed by atoms with Crippen molar-refractivity contribution in [2.75, 3.05) is 0 Å². The highest BCUT2D eigenvalue weighted by atomic mass is 16.5. The molecule has 0 bridgehead atoms. The molecule has 0 spiro atoms. The molecular formula is C33H47NO3. The molecule has 3 aromatic rings. The van der Waals surface area contributed by atoms with Gasteiger partial charge in [-0.25, -0.2) is 0 Å². The Morgan fingerprint density at radius 2 is 1.57 bits per heavy atom. The Morgan fingerprint density at radius 3 is 2.14 bits per heavy atom. The minimum Gasteiger partial charge on any atom is -0.489 e. The molecule has 4 rings (SSSR count). The zero-order valence-electron chi connectivity index (χ0n) is 24.3. The highest BCUT2D eigenvalue weighted by Crippen LogP contribution is 2.44. The van der Waals surface area contributed by atoms with Gasteiger partial charge in [0.2, 0.25) is 0 Å². The predicted octanol–water partition coefficient (Wildman–Crippen LogP) is 8.23. The van der Waals surface area contributed by atoms with Crippen molar-refractivity contribution in [2.24, 2.45) is 5.41 Å². The lowest BCUT2D eigenvalue weighted by atomic mass is 9.72. The molecule has 2 unspecified atom stereocenters. The van der Waals surface area contributed by atoms with E-state index >= 15 is 0 Å². The number of benzene rings is 2. The molecule has 0 aliphatic heterocycles. The monoisotopic (exact) mass is 505 g/mol. The van der Waals surface area contributed by atoms with Crippen LogP contribution in [-0.2, 0) is 13.0 Å². The number of rotatable bonds is 6. The molecule has 202 valence electrons. The summed E-state index contributed by atoms with van der Waals surface area (Å²) in [6.45, 7) is 19.1. The molecule has 0 amide bonds. The number of ether oxygens (including phenoxy) is 1. The molecule has 0 saturated heterocycles. The van der Waals surface area contributed by atoms with Crippen molar-refractivity contribution in [1.29, 1.82) is 0 Å². The van der Waals surface area contributed by atoms with Crippen LogP contribution in [0.15, 0.2) is 54.6 Å². The van der Waals surface area contributed by atoms with E-state index in [2.05, 4.69) is 27.7 Å². The van der Waals surface area contributed by atoms with Gasteiger partial charge in [-0.1, -0.05) is 97.9 Å². The first-order chi connectivity index (χ1) is 17.7. The molecular weight excluding hydrogens is 458 g/mol. The van der Waals surface area contributed by atoms with Crippen LogP contribution in [0.3, 0.4) is 0 Å². The van der Waals surface area contributed by atoms with Crippen LogP contribution in [-0.4, -0.2) is 15.2 Å². The minimum atomic E-state index is -0.814. The van der Waals surface area contributed by atoms with Gasteiger partial charge in [0.25, 0.3) is 0 Å². The lowest BCUT2D eigenvalue weighted by Crippen LogP contribution is -2.29. The predicted molar refractivity (Wildman–Crippen MR) is 154 cm³/mol. The van der Waals surface area contributed by atoms with Gasteiger partial charge in [-0.2, -0.15) is 0 Å². The lowest BCUT2D eigenvalue weighted by molar-refractivity contribution is 0.0968. The average Bonchev–Trinajstić information content (AvgIpc) is 2.89. The maximum Gasteiger partial charge on any atom is 0.119 e. The highest BCUT2D eigenvalue weighted by molar-refractivity contribution is 5.48. The molecule has 2 aromatic carbocycles. The van der Waals surface area contributed by atoms with E-state index in [9.17, 15) is 10.2 Å². The van der Waals surface area contributed by atoms with E-state index < -0.39 is 12.2 Å². The Labute approximate surface area is 224 Å². The highest BCUT2D eigenvalue weighted by Gasteiger charge is 2.36. The van der Waals surface area contributed by atoms with E-state index in [4.69, 9.17) is 9.72 Å². The maximum absolute atomic E-state index is 11.4. The van der Waals surface area contributed by atoms with Crippen molar-refractivity contribution in [3.63, 3.8) is 0 Å². The number of pyridine rings is 1. The smallest absolute Gasteiger partial charge is 0.119 e. The fourth-order valence-corrected chi connectivity index (χ4v) is 4.99. The largest absolute Gasteiger partial charge is 0.489 e. The Bertz CT molecular complexity index is 1100. The van der Waals surface area contributed by atoms with Gasteiger partial charge >= 0.3 is 0 Å². The van der Waals surface area contributed by atoms with Crippen molar-refractivity contribution >= 4 is 0 Å². The van der Waals surface area contributed by atoms with Crippen molar-refractivity contribution in [1.82, 2.24) is 4.98 Å². The van der Waals surface area contributed by atoms with Crippen molar-refractivity contribution in [3.8, 4) is 5.75 Å². The zero-order chi connectivity index (χ0) is 27.8. The molecule has 0 saturated carbocycles. The first-order valence-corrected chi connectivity index (χ1v) is 13.8. The standard InChI is InChI=1S/C29H35NO3.2C2H6/c1-18(2)27-26(19(3)25-23(30-27)15-29(4,5)16-24(25)31)28(32)21-11-13-22(14-12-21)33-17-20-9-7-6-8-10-20;2*1-2/h6-14,18,24,28,31-32H,15-17H2,1-5H3;2*1-2H3. The van der Waals surface area contributed by atoms with Gasteiger partial charge in [0.1, 0.15) is 18.5 Å². The molecule has 2 N–H and O–H groups in total. The number of aromatic nitrogens is 1. The van der Waals surface area contributed by atoms with E-state index in [0.29, 0.717) is 13.0 Å². The summed E-state index contributed by atoms with van der Waals surface area (Å²) in [5, 5.41) is 22.4. The van der Waals surface area contributed by atoms with Crippen LogP contribution >= 0.6 is 0 Å². The first kappa shape index (κ1) is 30.5. The Kier molecular flexibility index (Phi) is 11.3. The summed E-state index contributed by atoms with van der Waals surface area (Å²) in [6, 6.07) is 17.7. The van der Waals surface area contributed by atoms with Gasteiger partial charge in [0.15, 0.2) is 0 Å². The van der Waals surface area contributed by atoms with Crippen LogP contribution in [0, 0.1) is 12.3 Å². The molecule has 1 aromatic heterocycles. The van der Waals surface area contributed by atoms with Crippen LogP contribution in [0.2, 0.25) is 0 Å². The van der Waals surface area contributed by atoms with Crippen LogP contribution in [0.4, 0.5) is 0 Å². The number of hydrogen-bond donors (Lipinski definition) is 2. The summed E-state index contributed by atoms with van der Waals surface area (Å²) >= 11 is 0. The van der Waals surface area contributed by atoms with E-state index in [1.165, 1.54) is 0 Å². The molecule has 1 aliphatic carbocycles. The normalized spacial score (nSPS) is 16.5. The van der Waals surface area contributed by atoms with Gasteiger partial charge in [-0.15, -0.1) is 0 Å². The Hall–Kier alpha value is -2.69. The number of aliphatic hydroxyl groups is 2. The summed E-state index contributed by atoms with van der Waals surface area (Å²) < 4.78 is 5.90. The lowest BCUT2D eigenvalue weighted by Gasteiger charge is -2.36. The average molecular weight is 506 g/mol. The SMILES string of the molecule is CC.CC.Cc1c2c(nc(C(C)C)c1C(O)c1ccc(OCc3ccccc3)cc1)CC(C)(C)CC2O. The Balaban J connectivity index is 0.00000115. The summed E-state index contributed by atoms with van der Waals surface area (Å²) in [5.41, 5.74) is 6.48. The second-order valence-electron chi connectivity index (χ2n) is 10.4. The van der Waals surface area contributed by atoms with Crippen molar-refractivity contribution in [3.05, 3.63) is 93.8 Å². The summed E-state index contributed by atoms with van der Waals surface area (Å²) in [5.74, 6) is 0.922. The summed E-state index contributed by atoms with van der Waals surface area (Å²) in [6.07, 6.45) is 0.165. The van der Waals surface area contributed by atoms with E-state index in [1.807, 2.05) is 89.2 Å². The van der Waals surface area contributed by atoms with Gasteiger partial charge in [0, 0.05) is 22.5 Å². The first-order valence-electron chi connectivity index (χ1n) is 13.8. The van der Waals surface area contributed by atoms with Crippen LogP contribution in [0.25, 0.3) is 0 Å². The van der Waals surface area contributed by atoms with Crippen LogP contribution in [0.1, 0.15) is 119 Å². The number of hydrogen-bond acceptors (Lipinski definition) is 4. The van der Waals surface area contributed by atoms with E-state index in [0.717, 1.165) is 51.4 Å². The molecule has 1 heterocycles. The topological polar surface area (TPSA) is 62.6 Å². The third-order valence-electron chi connectivity index (χ3n) is 6.64. The Morgan fingerprint density at radius 1 is 0.973 bits per heavy atom. The second-order valence-corrected chi connectivity index (χ2v) is 10.4. The molecule has 2 atom stereocenters. The minimum absolute atomic E-state index is 0.00974. The number of fused-ring (bicyclic) bond motifs is 1. The summed E-state index contributed by atoms with van der Waals surface area (Å²) in [7, 11) is 0. The third kappa shape index (κ3) is 7.43. The van der Waals surface area contributed by atoms with Gasteiger partial charge in [0.05, 0.1) is 6.10 Å². The molecule has 37 heavy (non-hydrogen) atoms. The third-order valence-corrected chi connectivity index (χ3v) is 6.64. The quantitative estimate of drug-likeness (QED) is 0.354. The fraction of sp³-hybridized carbons (Fsp3) is 0.485. The zero-order valence-corrected chi connectivity index (χ0v) is 24.3. The van der Waals surface area contributed by atoms with E-state index in [1.54, 1.807) is 0 Å². The van der Waals surface area contributed by atoms with E-state index in [-0.39, 0.29) is 11.3 Å². The fourth-order valence-electron chi connectivity index (χ4n) is 4.99. The number of aliphatic hydroxyl groups excluding tert-OH is 2. The number of nitrogens with zero attached hydrogens (tertiary/aromatic N) is 1. The second kappa shape index (κ2) is 13.7. The van der Waals surface area contributed by atoms with Crippen molar-refractivity contribution < 1.29 is 14.9 Å². The molecule has 4 nitrogen and oxygen atoms in total.